The number of nitrogens with one attached hydrogen (secondary N) is 1. The van der Waals surface area contributed by atoms with Gasteiger partial charge in [0.25, 0.3) is 0 Å². The molecule has 0 aliphatic carbocycles. The third kappa shape index (κ3) is 7.49. The fourth-order valence-corrected chi connectivity index (χ4v) is 2.55. The van der Waals surface area contributed by atoms with E-state index in [1.54, 1.807) is 0 Å². The zero-order chi connectivity index (χ0) is 17.8. The molecule has 0 amide bonds. The number of ether oxygens (including phenoxy) is 1. The number of aliphatic imine (C=N–C) groups is 1. The number of benzene rings is 1. The summed E-state index contributed by atoms with van der Waals surface area (Å²) in [5.41, 5.74) is 2.61. The lowest BCUT2D eigenvalue weighted by atomic mass is 10.1. The second kappa shape index (κ2) is 11.5. The predicted molar refractivity (Wildman–Crippen MR) is 99.1 cm³/mol. The molecule has 1 rings (SSSR count). The molecule has 0 bridgehead atoms. The molecule has 24 heavy (non-hydrogen) atoms. The summed E-state index contributed by atoms with van der Waals surface area (Å²) >= 11 is 0. The molecule has 0 radical (unpaired) electrons. The van der Waals surface area contributed by atoms with Crippen LogP contribution in [0.25, 0.3) is 0 Å². The van der Waals surface area contributed by atoms with Crippen molar-refractivity contribution >= 4 is 11.9 Å². The fraction of sp³-hybridized carbons (Fsp3) is 0.579. The molecule has 0 aliphatic rings. The van der Waals surface area contributed by atoms with Crippen LogP contribution < -0.4 is 5.32 Å². The maximum absolute atomic E-state index is 11.0. The minimum Gasteiger partial charge on any atom is -0.469 e. The van der Waals surface area contributed by atoms with Crippen LogP contribution in [-0.2, 0) is 16.1 Å². The summed E-state index contributed by atoms with van der Waals surface area (Å²) in [6.07, 6.45) is 4.63. The maximum atomic E-state index is 11.0. The molecule has 0 atom stereocenters. The Kier molecular flexibility index (Phi) is 9.58. The van der Waals surface area contributed by atoms with Gasteiger partial charge in [0, 0.05) is 33.6 Å². The normalized spacial score (nSPS) is 11.2. The summed E-state index contributed by atoms with van der Waals surface area (Å²) in [5, 5.41) is 3.40. The van der Waals surface area contributed by atoms with Crippen molar-refractivity contribution in [3.8, 4) is 0 Å². The number of carbonyl (C=O) groups is 1. The molecule has 1 N–H and O–H groups in total. The lowest BCUT2D eigenvalue weighted by Gasteiger charge is -2.23. The second-order valence-electron chi connectivity index (χ2n) is 6.00. The highest BCUT2D eigenvalue weighted by atomic mass is 16.5. The molecule has 0 saturated carbocycles. The van der Waals surface area contributed by atoms with Gasteiger partial charge in [0.2, 0.25) is 0 Å². The number of hydrogen-bond acceptors (Lipinski definition) is 3. The van der Waals surface area contributed by atoms with E-state index in [-0.39, 0.29) is 5.97 Å². The van der Waals surface area contributed by atoms with Crippen LogP contribution in [0.5, 0.6) is 0 Å². The first kappa shape index (κ1) is 20.0. The third-order valence-corrected chi connectivity index (χ3v) is 4.06. The van der Waals surface area contributed by atoms with E-state index < -0.39 is 0 Å². The Balaban J connectivity index is 2.25. The van der Waals surface area contributed by atoms with E-state index in [2.05, 4.69) is 58.2 Å². The second-order valence-corrected chi connectivity index (χ2v) is 6.00. The number of methoxy groups -OCH3 is 1. The van der Waals surface area contributed by atoms with Crippen molar-refractivity contribution < 1.29 is 9.53 Å². The number of guanidine groups is 1. The quantitative estimate of drug-likeness (QED) is 0.326. The zero-order valence-electron chi connectivity index (χ0n) is 15.5. The van der Waals surface area contributed by atoms with Crippen LogP contribution >= 0.6 is 0 Å². The van der Waals surface area contributed by atoms with Gasteiger partial charge in [-0.1, -0.05) is 37.1 Å². The Morgan fingerprint density at radius 3 is 2.58 bits per heavy atom. The Bertz CT molecular complexity index is 529. The van der Waals surface area contributed by atoms with E-state index in [0.717, 1.165) is 44.7 Å². The Labute approximate surface area is 146 Å². The molecule has 1 aromatic carbocycles. The summed E-state index contributed by atoms with van der Waals surface area (Å²) in [6, 6.07) is 8.42. The molecule has 0 aromatic heterocycles. The van der Waals surface area contributed by atoms with Crippen molar-refractivity contribution in [2.45, 2.75) is 45.6 Å². The van der Waals surface area contributed by atoms with E-state index in [0.29, 0.717) is 6.42 Å². The molecule has 0 fully saturated rings. The molecule has 5 heteroatoms. The SMILES string of the molecule is CN=C(NCCCCCCC(=O)OC)N(C)Cc1ccccc1C. The number of hydrogen-bond donors (Lipinski definition) is 1. The van der Waals surface area contributed by atoms with Crippen molar-refractivity contribution in [1.29, 1.82) is 0 Å². The van der Waals surface area contributed by atoms with E-state index in [4.69, 9.17) is 0 Å². The van der Waals surface area contributed by atoms with Crippen LogP contribution in [0.15, 0.2) is 29.3 Å². The van der Waals surface area contributed by atoms with E-state index in [9.17, 15) is 4.79 Å². The third-order valence-electron chi connectivity index (χ3n) is 4.06. The minimum atomic E-state index is -0.119. The average molecular weight is 333 g/mol. The highest BCUT2D eigenvalue weighted by Crippen LogP contribution is 2.09. The maximum Gasteiger partial charge on any atom is 0.305 e. The number of rotatable bonds is 9. The van der Waals surface area contributed by atoms with Gasteiger partial charge < -0.3 is 15.0 Å². The van der Waals surface area contributed by atoms with Gasteiger partial charge in [0.05, 0.1) is 7.11 Å². The zero-order valence-corrected chi connectivity index (χ0v) is 15.5. The first-order valence-electron chi connectivity index (χ1n) is 8.61. The summed E-state index contributed by atoms with van der Waals surface area (Å²) in [5.74, 6) is 0.791. The Morgan fingerprint density at radius 1 is 1.21 bits per heavy atom. The number of aryl methyl sites for hydroxylation is 1. The van der Waals surface area contributed by atoms with Gasteiger partial charge in [-0.15, -0.1) is 0 Å². The van der Waals surface area contributed by atoms with Crippen molar-refractivity contribution in [3.63, 3.8) is 0 Å². The first-order chi connectivity index (χ1) is 11.6. The van der Waals surface area contributed by atoms with E-state index >= 15 is 0 Å². The summed E-state index contributed by atoms with van der Waals surface area (Å²) in [6.45, 7) is 3.86. The van der Waals surface area contributed by atoms with Gasteiger partial charge in [-0.3, -0.25) is 9.79 Å². The molecule has 0 aliphatic heterocycles. The van der Waals surface area contributed by atoms with E-state index in [1.807, 2.05) is 7.05 Å². The molecular formula is C19H31N3O2. The molecule has 1 aromatic rings. The lowest BCUT2D eigenvalue weighted by molar-refractivity contribution is -0.140. The van der Waals surface area contributed by atoms with Gasteiger partial charge in [-0.25, -0.2) is 0 Å². The van der Waals surface area contributed by atoms with Gasteiger partial charge in [-0.05, 0) is 30.9 Å². The monoisotopic (exact) mass is 333 g/mol. The van der Waals surface area contributed by atoms with Crippen molar-refractivity contribution in [1.82, 2.24) is 10.2 Å². The smallest absolute Gasteiger partial charge is 0.305 e. The van der Waals surface area contributed by atoms with Gasteiger partial charge >= 0.3 is 5.97 Å². The van der Waals surface area contributed by atoms with Crippen molar-refractivity contribution in [3.05, 3.63) is 35.4 Å². The topological polar surface area (TPSA) is 53.9 Å². The molecule has 0 spiro atoms. The highest BCUT2D eigenvalue weighted by Gasteiger charge is 2.07. The first-order valence-corrected chi connectivity index (χ1v) is 8.61. The minimum absolute atomic E-state index is 0.119. The molecular weight excluding hydrogens is 302 g/mol. The fourth-order valence-electron chi connectivity index (χ4n) is 2.55. The predicted octanol–water partition coefficient (Wildman–Crippen LogP) is 3.13. The summed E-state index contributed by atoms with van der Waals surface area (Å²) in [4.78, 5) is 17.5. The standard InChI is InChI=1S/C19H31N3O2/c1-16-11-8-9-12-17(16)15-22(3)19(20-2)21-14-10-6-5-7-13-18(23)24-4/h8-9,11-12H,5-7,10,13-15H2,1-4H3,(H,20,21). The molecule has 0 unspecified atom stereocenters. The van der Waals surface area contributed by atoms with Crippen LogP contribution in [0.2, 0.25) is 0 Å². The molecule has 0 heterocycles. The van der Waals surface area contributed by atoms with E-state index in [1.165, 1.54) is 18.2 Å². The molecule has 134 valence electrons. The van der Waals surface area contributed by atoms with Crippen molar-refractivity contribution in [2.75, 3.05) is 27.7 Å². The number of nitrogens with zero attached hydrogens (tertiary/aromatic N) is 2. The Hall–Kier alpha value is -2.04. The number of unbranched alkanes of at least 4 members (excludes halogenated alkanes) is 3. The number of carbonyl (C=O) groups excluding carboxylic acids is 1. The van der Waals surface area contributed by atoms with Crippen LogP contribution in [0.3, 0.4) is 0 Å². The molecule has 0 saturated heterocycles. The lowest BCUT2D eigenvalue weighted by Crippen LogP contribution is -2.39. The van der Waals surface area contributed by atoms with Gasteiger partial charge in [-0.2, -0.15) is 0 Å². The molecule has 5 nitrogen and oxygen atoms in total. The number of esters is 1. The van der Waals surface area contributed by atoms with Gasteiger partial charge in [0.15, 0.2) is 5.96 Å². The van der Waals surface area contributed by atoms with Crippen LogP contribution in [0.1, 0.15) is 43.2 Å². The van der Waals surface area contributed by atoms with Crippen LogP contribution in [0.4, 0.5) is 0 Å². The summed E-state index contributed by atoms with van der Waals surface area (Å²) in [7, 11) is 5.30. The average Bonchev–Trinajstić information content (AvgIpc) is 2.59. The van der Waals surface area contributed by atoms with Crippen molar-refractivity contribution in [2.24, 2.45) is 4.99 Å². The van der Waals surface area contributed by atoms with Crippen LogP contribution in [0, 0.1) is 6.92 Å². The largest absolute Gasteiger partial charge is 0.469 e. The highest BCUT2D eigenvalue weighted by molar-refractivity contribution is 5.79. The summed E-state index contributed by atoms with van der Waals surface area (Å²) < 4.78 is 4.63. The Morgan fingerprint density at radius 2 is 1.92 bits per heavy atom. The van der Waals surface area contributed by atoms with Crippen LogP contribution in [-0.4, -0.2) is 44.6 Å². The van der Waals surface area contributed by atoms with Gasteiger partial charge in [0.1, 0.15) is 0 Å².